The third kappa shape index (κ3) is 10.8. The average Bonchev–Trinajstić information content (AvgIpc) is 2.32. The van der Waals surface area contributed by atoms with Gasteiger partial charge in [0.2, 0.25) is 5.91 Å². The number of hydrogen-bond acceptors (Lipinski definition) is 2. The Hall–Kier alpha value is -1.58. The zero-order valence-corrected chi connectivity index (χ0v) is 13.9. The van der Waals surface area contributed by atoms with E-state index in [1.54, 1.807) is 0 Å². The van der Waals surface area contributed by atoms with E-state index in [2.05, 4.69) is 25.2 Å². The van der Waals surface area contributed by atoms with Crippen LogP contribution in [0.5, 0.6) is 0 Å². The summed E-state index contributed by atoms with van der Waals surface area (Å²) in [4.78, 5) is 22.9. The van der Waals surface area contributed by atoms with E-state index in [9.17, 15) is 9.59 Å². The zero-order chi connectivity index (χ0) is 16.4. The molecule has 0 aromatic rings. The Morgan fingerprint density at radius 3 is 2.29 bits per heavy atom. The van der Waals surface area contributed by atoms with Crippen LogP contribution in [-0.4, -0.2) is 23.0 Å². The maximum Gasteiger partial charge on any atom is 0.326 e. The van der Waals surface area contributed by atoms with Gasteiger partial charge in [-0.05, 0) is 52.4 Å². The molecule has 4 nitrogen and oxygen atoms in total. The molecule has 0 heterocycles. The van der Waals surface area contributed by atoms with Crippen LogP contribution in [0.3, 0.4) is 0 Å². The van der Waals surface area contributed by atoms with Gasteiger partial charge in [0, 0.05) is 6.08 Å². The molecule has 21 heavy (non-hydrogen) atoms. The number of unbranched alkanes of at least 4 members (excludes halogenated alkanes) is 1. The highest BCUT2D eigenvalue weighted by atomic mass is 16.4. The minimum absolute atomic E-state index is 0.223. The first-order valence-electron chi connectivity index (χ1n) is 7.56. The molecule has 0 bridgehead atoms. The van der Waals surface area contributed by atoms with Gasteiger partial charge in [0.05, 0.1) is 0 Å². The van der Waals surface area contributed by atoms with Crippen LogP contribution in [0.4, 0.5) is 0 Å². The van der Waals surface area contributed by atoms with Gasteiger partial charge in [0.1, 0.15) is 6.04 Å². The summed E-state index contributed by atoms with van der Waals surface area (Å²) in [6.07, 6.45) is 6.97. The van der Waals surface area contributed by atoms with Crippen molar-refractivity contribution in [1.82, 2.24) is 5.32 Å². The zero-order valence-electron chi connectivity index (χ0n) is 13.9. The molecule has 0 rings (SSSR count). The molecular weight excluding hydrogens is 266 g/mol. The first-order valence-corrected chi connectivity index (χ1v) is 7.56. The largest absolute Gasteiger partial charge is 0.480 e. The van der Waals surface area contributed by atoms with Gasteiger partial charge in [-0.3, -0.25) is 4.79 Å². The lowest BCUT2D eigenvalue weighted by atomic mass is 10.0. The molecule has 0 fully saturated rings. The molecule has 1 atom stereocenters. The van der Waals surface area contributed by atoms with Crippen LogP contribution in [0.15, 0.2) is 23.3 Å². The number of nitrogens with one attached hydrogen (secondary N) is 1. The van der Waals surface area contributed by atoms with Gasteiger partial charge < -0.3 is 10.4 Å². The van der Waals surface area contributed by atoms with Gasteiger partial charge in [0.25, 0.3) is 0 Å². The minimum atomic E-state index is -0.980. The van der Waals surface area contributed by atoms with Crippen molar-refractivity contribution in [3.63, 3.8) is 0 Å². The molecule has 0 aromatic carbocycles. The summed E-state index contributed by atoms with van der Waals surface area (Å²) in [5.74, 6) is -1.07. The molecule has 1 unspecified atom stereocenters. The number of rotatable bonds is 9. The van der Waals surface area contributed by atoms with Crippen molar-refractivity contribution in [1.29, 1.82) is 0 Å². The van der Waals surface area contributed by atoms with Crippen LogP contribution >= 0.6 is 0 Å². The molecule has 4 heteroatoms. The summed E-state index contributed by atoms with van der Waals surface area (Å²) in [5, 5.41) is 11.6. The van der Waals surface area contributed by atoms with Crippen molar-refractivity contribution in [2.45, 2.75) is 66.3 Å². The Labute approximate surface area is 128 Å². The number of carboxylic acid groups (broad SMARTS) is 1. The second-order valence-electron chi connectivity index (χ2n) is 6.19. The summed E-state index contributed by atoms with van der Waals surface area (Å²) < 4.78 is 0. The normalized spacial score (nSPS) is 13.0. The van der Waals surface area contributed by atoms with Crippen molar-refractivity contribution in [3.8, 4) is 0 Å². The molecule has 2 N–H and O–H groups in total. The van der Waals surface area contributed by atoms with Crippen LogP contribution < -0.4 is 5.32 Å². The van der Waals surface area contributed by atoms with Crippen molar-refractivity contribution in [2.75, 3.05) is 0 Å². The van der Waals surface area contributed by atoms with Crippen LogP contribution in [0, 0.1) is 5.92 Å². The predicted molar refractivity (Wildman–Crippen MR) is 86.1 cm³/mol. The SMILES string of the molecule is CC(C)=CCCC/C(C)=C/C(=O)NC(CC(C)C)C(=O)O. The summed E-state index contributed by atoms with van der Waals surface area (Å²) >= 11 is 0. The third-order valence-corrected chi connectivity index (χ3v) is 3.03. The van der Waals surface area contributed by atoms with E-state index in [4.69, 9.17) is 5.11 Å². The third-order valence-electron chi connectivity index (χ3n) is 3.03. The van der Waals surface area contributed by atoms with Crippen molar-refractivity contribution >= 4 is 11.9 Å². The van der Waals surface area contributed by atoms with E-state index in [1.807, 2.05) is 20.8 Å². The molecule has 0 aliphatic rings. The van der Waals surface area contributed by atoms with E-state index in [1.165, 1.54) is 11.6 Å². The topological polar surface area (TPSA) is 66.4 Å². The smallest absolute Gasteiger partial charge is 0.326 e. The molecular formula is C17H29NO3. The van der Waals surface area contributed by atoms with Crippen molar-refractivity contribution in [3.05, 3.63) is 23.3 Å². The Bertz CT molecular complexity index is 404. The monoisotopic (exact) mass is 295 g/mol. The molecule has 120 valence electrons. The lowest BCUT2D eigenvalue weighted by Gasteiger charge is -2.15. The molecule has 0 spiro atoms. The number of carbonyl (C=O) groups excluding carboxylic acids is 1. The first-order chi connectivity index (χ1) is 9.72. The number of amides is 1. The lowest BCUT2D eigenvalue weighted by Crippen LogP contribution is -2.41. The van der Waals surface area contributed by atoms with E-state index in [0.29, 0.717) is 6.42 Å². The van der Waals surface area contributed by atoms with Gasteiger partial charge in [-0.2, -0.15) is 0 Å². The maximum atomic E-state index is 11.8. The second kappa shape index (κ2) is 10.2. The quantitative estimate of drug-likeness (QED) is 0.387. The molecule has 0 aliphatic carbocycles. The summed E-state index contributed by atoms with van der Waals surface area (Å²) in [5.41, 5.74) is 2.27. The van der Waals surface area contributed by atoms with E-state index in [0.717, 1.165) is 24.8 Å². The molecule has 0 radical (unpaired) electrons. The summed E-state index contributed by atoms with van der Waals surface area (Å²) in [6.45, 7) is 9.91. The van der Waals surface area contributed by atoms with Crippen molar-refractivity contribution in [2.24, 2.45) is 5.92 Å². The standard InChI is InChI=1S/C17H29NO3/c1-12(2)8-6-7-9-14(5)11-16(19)18-15(17(20)21)10-13(3)4/h8,11,13,15H,6-7,9-10H2,1-5H3,(H,18,19)(H,20,21)/b14-11+. The number of allylic oxidation sites excluding steroid dienone is 3. The second-order valence-corrected chi connectivity index (χ2v) is 6.19. The summed E-state index contributed by atoms with van der Waals surface area (Å²) in [7, 11) is 0. The Balaban J connectivity index is 4.33. The average molecular weight is 295 g/mol. The van der Waals surface area contributed by atoms with Crippen LogP contribution in [0.1, 0.15) is 60.3 Å². The highest BCUT2D eigenvalue weighted by Crippen LogP contribution is 2.09. The van der Waals surface area contributed by atoms with Gasteiger partial charge in [-0.1, -0.05) is 31.1 Å². The predicted octanol–water partition coefficient (Wildman–Crippen LogP) is 3.68. The fraction of sp³-hybridized carbons (Fsp3) is 0.647. The van der Waals surface area contributed by atoms with Gasteiger partial charge in [0.15, 0.2) is 0 Å². The van der Waals surface area contributed by atoms with Crippen molar-refractivity contribution < 1.29 is 14.7 Å². The highest BCUT2D eigenvalue weighted by Gasteiger charge is 2.20. The summed E-state index contributed by atoms with van der Waals surface area (Å²) in [6, 6.07) is -0.813. The number of hydrogen-bond donors (Lipinski definition) is 2. The van der Waals surface area contributed by atoms with E-state index in [-0.39, 0.29) is 11.8 Å². The first kappa shape index (κ1) is 19.4. The molecule has 0 aliphatic heterocycles. The molecule has 0 saturated heterocycles. The number of carbonyl (C=O) groups is 2. The van der Waals surface area contributed by atoms with Crippen LogP contribution in [0.25, 0.3) is 0 Å². The van der Waals surface area contributed by atoms with Gasteiger partial charge in [-0.25, -0.2) is 4.79 Å². The van der Waals surface area contributed by atoms with Gasteiger partial charge in [-0.15, -0.1) is 0 Å². The minimum Gasteiger partial charge on any atom is -0.480 e. The maximum absolute atomic E-state index is 11.8. The van der Waals surface area contributed by atoms with E-state index < -0.39 is 12.0 Å². The Morgan fingerprint density at radius 1 is 1.19 bits per heavy atom. The number of aliphatic carboxylic acids is 1. The van der Waals surface area contributed by atoms with Gasteiger partial charge >= 0.3 is 5.97 Å². The molecule has 1 amide bonds. The Morgan fingerprint density at radius 2 is 1.81 bits per heavy atom. The molecule has 0 aromatic heterocycles. The lowest BCUT2D eigenvalue weighted by molar-refractivity contribution is -0.141. The number of carboxylic acids is 1. The highest BCUT2D eigenvalue weighted by molar-refractivity contribution is 5.91. The Kier molecular flexibility index (Phi) is 9.42. The van der Waals surface area contributed by atoms with Crippen LogP contribution in [0.2, 0.25) is 0 Å². The fourth-order valence-electron chi connectivity index (χ4n) is 1.97. The molecule has 0 saturated carbocycles. The fourth-order valence-corrected chi connectivity index (χ4v) is 1.97. The van der Waals surface area contributed by atoms with Crippen LogP contribution in [-0.2, 0) is 9.59 Å². The van der Waals surface area contributed by atoms with E-state index >= 15 is 0 Å².